The maximum Gasteiger partial charge on any atom is 0.416 e. The third-order valence-corrected chi connectivity index (χ3v) is 7.69. The third kappa shape index (κ3) is 10.3. The van der Waals surface area contributed by atoms with E-state index in [4.69, 9.17) is 27.9 Å². The van der Waals surface area contributed by atoms with E-state index in [0.29, 0.717) is 62.1 Å². The summed E-state index contributed by atoms with van der Waals surface area (Å²) in [7, 11) is 0. The molecule has 15 heteroatoms. The molecule has 2 aliphatic heterocycles. The van der Waals surface area contributed by atoms with Gasteiger partial charge in [0.05, 0.1) is 47.5 Å². The maximum absolute atomic E-state index is 13.5. The number of carbonyl (C=O) groups is 1. The van der Waals surface area contributed by atoms with Crippen molar-refractivity contribution < 1.29 is 35.9 Å². The summed E-state index contributed by atoms with van der Waals surface area (Å²) in [5.74, 6) is 5.35. The molecule has 1 amide bonds. The summed E-state index contributed by atoms with van der Waals surface area (Å²) >= 11 is 12.2. The number of hydrogen-bond donors (Lipinski definition) is 0. The molecule has 4 rings (SSSR count). The first-order valence-corrected chi connectivity index (χ1v) is 13.6. The molecule has 0 aromatic heterocycles. The third-order valence-electron chi connectivity index (χ3n) is 6.95. The van der Waals surface area contributed by atoms with E-state index in [1.807, 2.05) is 4.90 Å². The molecule has 0 saturated carbocycles. The Bertz CT molecular complexity index is 1280. The number of morpholine rings is 1. The maximum atomic E-state index is 13.5. The molecule has 0 unspecified atom stereocenters. The van der Waals surface area contributed by atoms with Crippen molar-refractivity contribution in [1.29, 1.82) is 0 Å². The number of piperazine rings is 1. The van der Waals surface area contributed by atoms with Crippen molar-refractivity contribution in [3.05, 3.63) is 68.7 Å². The Labute approximate surface area is 268 Å². The topological polar surface area (TPSA) is 36.0 Å². The highest BCUT2D eigenvalue weighted by Gasteiger charge is 2.39. The van der Waals surface area contributed by atoms with Gasteiger partial charge in [-0.2, -0.15) is 26.3 Å². The Kier molecular flexibility index (Phi) is 13.8. The molecule has 0 spiro atoms. The highest BCUT2D eigenvalue weighted by Crippen LogP contribution is 2.37. The van der Waals surface area contributed by atoms with Crippen LogP contribution < -0.4 is 0 Å². The van der Waals surface area contributed by atoms with Crippen molar-refractivity contribution in [2.24, 2.45) is 0 Å². The van der Waals surface area contributed by atoms with Gasteiger partial charge in [-0.1, -0.05) is 41.1 Å². The van der Waals surface area contributed by atoms with Crippen molar-refractivity contribution in [3.63, 3.8) is 0 Å². The molecule has 1 atom stereocenters. The Morgan fingerprint density at radius 2 is 1.40 bits per heavy atom. The smallest absolute Gasteiger partial charge is 0.379 e. The molecule has 2 fully saturated rings. The minimum Gasteiger partial charge on any atom is -0.379 e. The van der Waals surface area contributed by atoms with Crippen LogP contribution in [0.4, 0.5) is 26.3 Å². The number of hydrogen-bond acceptors (Lipinski definition) is 4. The molecule has 2 aromatic rings. The van der Waals surface area contributed by atoms with E-state index in [1.54, 1.807) is 18.2 Å². The second kappa shape index (κ2) is 15.9. The van der Waals surface area contributed by atoms with Crippen LogP contribution in [0.3, 0.4) is 0 Å². The normalized spacial score (nSPS) is 18.2. The molecule has 2 aromatic carbocycles. The monoisotopic (exact) mass is 693 g/mol. The minimum absolute atomic E-state index is 0. The van der Waals surface area contributed by atoms with Crippen LogP contribution in [0, 0.1) is 11.8 Å². The zero-order chi connectivity index (χ0) is 29.8. The van der Waals surface area contributed by atoms with Crippen LogP contribution in [0.2, 0.25) is 10.0 Å². The summed E-state index contributed by atoms with van der Waals surface area (Å²) in [6, 6.07) is 5.31. The summed E-state index contributed by atoms with van der Waals surface area (Å²) in [5.41, 5.74) is -3.04. The number of amides is 1. The number of rotatable bonds is 5. The van der Waals surface area contributed by atoms with E-state index in [2.05, 4.69) is 16.7 Å². The van der Waals surface area contributed by atoms with E-state index in [0.717, 1.165) is 13.1 Å². The van der Waals surface area contributed by atoms with Crippen LogP contribution in [0.5, 0.6) is 0 Å². The van der Waals surface area contributed by atoms with Crippen LogP contribution in [0.25, 0.3) is 0 Å². The molecule has 0 aliphatic carbocycles. The first-order chi connectivity index (χ1) is 19.3. The average molecular weight is 695 g/mol. The molecule has 2 aliphatic rings. The fourth-order valence-electron chi connectivity index (χ4n) is 4.78. The van der Waals surface area contributed by atoms with Gasteiger partial charge in [0, 0.05) is 44.3 Å². The number of halogens is 10. The molecule has 2 heterocycles. The van der Waals surface area contributed by atoms with Crippen molar-refractivity contribution in [2.45, 2.75) is 24.8 Å². The number of alkyl halides is 6. The molecule has 5 nitrogen and oxygen atoms in total. The standard InChI is InChI=1S/C28H27Cl2F6N3O2.2ClH/c29-24-4-3-19(14-25(24)30)13-23-18-38(6-2-1-5-37-9-11-41-12-10-37)7-8-39(23)26(40)20-15-21(27(31,32)33)17-22(16-20)28(34,35)36;;/h3-4,14-17,23H,5-13,18H2;2*1H/t23-;;/m1../s1. The molecule has 0 bridgehead atoms. The van der Waals surface area contributed by atoms with E-state index in [-0.39, 0.29) is 48.9 Å². The molecule has 238 valence electrons. The van der Waals surface area contributed by atoms with E-state index < -0.39 is 41.0 Å². The molecular formula is C28H29Cl4F6N3O2. The first kappa shape index (κ1) is 37.3. The number of carbonyl (C=O) groups excluding carboxylic acids is 1. The fourth-order valence-corrected chi connectivity index (χ4v) is 5.10. The Balaban J connectivity index is 0.00000323. The lowest BCUT2D eigenvalue weighted by atomic mass is 9.99. The Hall–Kier alpha value is -1.91. The number of nitrogens with zero attached hydrogens (tertiary/aromatic N) is 3. The molecule has 0 radical (unpaired) electrons. The van der Waals surface area contributed by atoms with Gasteiger partial charge in [-0.25, -0.2) is 0 Å². The lowest BCUT2D eigenvalue weighted by Gasteiger charge is -2.41. The number of benzene rings is 2. The SMILES string of the molecule is Cl.Cl.O=C(c1cc(C(F)(F)F)cc(C(F)(F)F)c1)N1CCN(CC#CCN2CCOCC2)C[C@H]1Cc1ccc(Cl)c(Cl)c1. The van der Waals surface area contributed by atoms with E-state index >= 15 is 0 Å². The predicted molar refractivity (Wildman–Crippen MR) is 157 cm³/mol. The largest absolute Gasteiger partial charge is 0.416 e. The van der Waals surface area contributed by atoms with Gasteiger partial charge in [-0.15, -0.1) is 24.8 Å². The quantitative estimate of drug-likeness (QED) is 0.262. The van der Waals surface area contributed by atoms with Gasteiger partial charge in [0.1, 0.15) is 0 Å². The van der Waals surface area contributed by atoms with Gasteiger partial charge in [-0.05, 0) is 42.3 Å². The van der Waals surface area contributed by atoms with Gasteiger partial charge >= 0.3 is 12.4 Å². The zero-order valence-corrected chi connectivity index (χ0v) is 25.8. The van der Waals surface area contributed by atoms with Gasteiger partial charge in [0.25, 0.3) is 5.91 Å². The molecular weight excluding hydrogens is 666 g/mol. The molecule has 43 heavy (non-hydrogen) atoms. The highest BCUT2D eigenvalue weighted by atomic mass is 35.5. The van der Waals surface area contributed by atoms with Crippen LogP contribution in [-0.2, 0) is 23.5 Å². The van der Waals surface area contributed by atoms with Crippen LogP contribution in [-0.4, -0.2) is 85.7 Å². The summed E-state index contributed by atoms with van der Waals surface area (Å²) in [6.45, 7) is 4.64. The molecule has 0 N–H and O–H groups in total. The second-order valence-electron chi connectivity index (χ2n) is 9.88. The van der Waals surface area contributed by atoms with Crippen LogP contribution in [0.1, 0.15) is 27.0 Å². The Morgan fingerprint density at radius 3 is 1.95 bits per heavy atom. The zero-order valence-electron chi connectivity index (χ0n) is 22.6. The summed E-state index contributed by atoms with van der Waals surface area (Å²) in [5, 5.41) is 0.615. The van der Waals surface area contributed by atoms with E-state index in [1.165, 1.54) is 4.90 Å². The second-order valence-corrected chi connectivity index (χ2v) is 10.7. The van der Waals surface area contributed by atoms with Crippen molar-refractivity contribution in [2.75, 3.05) is 59.0 Å². The number of ether oxygens (including phenoxy) is 1. The lowest BCUT2D eigenvalue weighted by molar-refractivity contribution is -0.143. The fraction of sp³-hybridized carbons (Fsp3) is 0.464. The molecule has 2 saturated heterocycles. The minimum atomic E-state index is -5.06. The summed E-state index contributed by atoms with van der Waals surface area (Å²) in [4.78, 5) is 19.0. The van der Waals surface area contributed by atoms with Crippen molar-refractivity contribution >= 4 is 53.9 Å². The van der Waals surface area contributed by atoms with Crippen molar-refractivity contribution in [1.82, 2.24) is 14.7 Å². The van der Waals surface area contributed by atoms with Crippen LogP contribution in [0.15, 0.2) is 36.4 Å². The van der Waals surface area contributed by atoms with E-state index in [9.17, 15) is 31.1 Å². The predicted octanol–water partition coefficient (Wildman–Crippen LogP) is 6.58. The van der Waals surface area contributed by atoms with Gasteiger partial charge < -0.3 is 9.64 Å². The average Bonchev–Trinajstić information content (AvgIpc) is 2.92. The highest BCUT2D eigenvalue weighted by molar-refractivity contribution is 6.42. The van der Waals surface area contributed by atoms with Crippen LogP contribution >= 0.6 is 48.0 Å². The first-order valence-electron chi connectivity index (χ1n) is 12.8. The summed E-state index contributed by atoms with van der Waals surface area (Å²) < 4.78 is 86.0. The van der Waals surface area contributed by atoms with Gasteiger partial charge in [0.2, 0.25) is 0 Å². The van der Waals surface area contributed by atoms with Crippen molar-refractivity contribution in [3.8, 4) is 11.8 Å². The summed E-state index contributed by atoms with van der Waals surface area (Å²) in [6.07, 6.45) is -9.87. The Morgan fingerprint density at radius 1 is 0.814 bits per heavy atom. The lowest BCUT2D eigenvalue weighted by Crippen LogP contribution is -2.56. The van der Waals surface area contributed by atoms with Gasteiger partial charge in [0.15, 0.2) is 0 Å². The van der Waals surface area contributed by atoms with Gasteiger partial charge in [-0.3, -0.25) is 14.6 Å².